The molecular weight excluding hydrogens is 296 g/mol. The van der Waals surface area contributed by atoms with Gasteiger partial charge in [0, 0.05) is 31.4 Å². The van der Waals surface area contributed by atoms with E-state index in [1.165, 1.54) is 6.20 Å². The van der Waals surface area contributed by atoms with E-state index in [1.807, 2.05) is 6.92 Å². The van der Waals surface area contributed by atoms with Gasteiger partial charge in [0.05, 0.1) is 11.9 Å². The number of nitrogens with zero attached hydrogens (tertiary/aromatic N) is 3. The number of primary amides is 1. The van der Waals surface area contributed by atoms with Crippen LogP contribution in [0.3, 0.4) is 0 Å². The molecule has 1 aromatic rings. The number of carbonyl (C=O) groups excluding carboxylic acids is 2. The minimum atomic E-state index is -0.601. The topological polar surface area (TPSA) is 98.4 Å². The number of aryl methyl sites for hydroxylation is 1. The minimum Gasteiger partial charge on any atom is -0.381 e. The van der Waals surface area contributed by atoms with Gasteiger partial charge in [0.25, 0.3) is 5.91 Å². The van der Waals surface area contributed by atoms with Crippen molar-refractivity contribution in [3.63, 3.8) is 0 Å². The number of ether oxygens (including phenoxy) is 1. The van der Waals surface area contributed by atoms with E-state index in [4.69, 9.17) is 10.5 Å². The van der Waals surface area contributed by atoms with Crippen LogP contribution in [0.25, 0.3) is 0 Å². The maximum atomic E-state index is 12.8. The monoisotopic (exact) mass is 318 g/mol. The van der Waals surface area contributed by atoms with E-state index in [2.05, 4.69) is 9.97 Å². The fraction of sp³-hybridized carbons (Fsp3) is 0.625. The first-order valence-electron chi connectivity index (χ1n) is 8.00. The molecule has 1 aromatic heterocycles. The van der Waals surface area contributed by atoms with Crippen molar-refractivity contribution >= 4 is 11.8 Å². The zero-order valence-electron chi connectivity index (χ0n) is 13.3. The maximum Gasteiger partial charge on any atom is 0.274 e. The summed E-state index contributed by atoms with van der Waals surface area (Å²) >= 11 is 0. The summed E-state index contributed by atoms with van der Waals surface area (Å²) in [5, 5.41) is 0. The molecular formula is C16H22N4O3. The van der Waals surface area contributed by atoms with E-state index in [-0.39, 0.29) is 17.0 Å². The second kappa shape index (κ2) is 6.23. The van der Waals surface area contributed by atoms with Crippen molar-refractivity contribution in [1.29, 1.82) is 0 Å². The largest absolute Gasteiger partial charge is 0.381 e. The van der Waals surface area contributed by atoms with E-state index in [1.54, 1.807) is 11.1 Å². The molecule has 0 saturated carbocycles. The molecule has 2 fully saturated rings. The summed E-state index contributed by atoms with van der Waals surface area (Å²) in [5.74, 6) is -0.716. The van der Waals surface area contributed by atoms with Gasteiger partial charge in [-0.3, -0.25) is 14.6 Å². The Morgan fingerprint density at radius 2 is 2.00 bits per heavy atom. The normalized spacial score (nSPS) is 23.7. The van der Waals surface area contributed by atoms with Gasteiger partial charge >= 0.3 is 0 Å². The molecule has 0 bridgehead atoms. The van der Waals surface area contributed by atoms with Crippen LogP contribution in [0, 0.1) is 12.3 Å². The lowest BCUT2D eigenvalue weighted by Gasteiger charge is -2.50. The summed E-state index contributed by atoms with van der Waals surface area (Å²) in [4.78, 5) is 34.9. The van der Waals surface area contributed by atoms with Gasteiger partial charge in [0.2, 0.25) is 5.91 Å². The van der Waals surface area contributed by atoms with Crippen LogP contribution < -0.4 is 5.73 Å². The average molecular weight is 318 g/mol. The van der Waals surface area contributed by atoms with E-state index >= 15 is 0 Å². The molecule has 124 valence electrons. The SMILES string of the molecule is Cc1cnc(C(=O)N2CCCC3(CCOCC3)C2C(N)=O)cn1. The standard InChI is InChI=1S/C16H22N4O3/c1-11-9-19-12(10-18-11)15(22)20-6-2-3-16(13(20)14(17)21)4-7-23-8-5-16/h9-10,13H,2-8H2,1H3,(H2,17,21). The van der Waals surface area contributed by atoms with Gasteiger partial charge in [-0.2, -0.15) is 0 Å². The van der Waals surface area contributed by atoms with E-state index < -0.39 is 11.9 Å². The van der Waals surface area contributed by atoms with Crippen LogP contribution in [0.5, 0.6) is 0 Å². The Morgan fingerprint density at radius 3 is 2.61 bits per heavy atom. The Balaban J connectivity index is 1.91. The zero-order valence-corrected chi connectivity index (χ0v) is 13.3. The number of likely N-dealkylation sites (tertiary alicyclic amines) is 1. The van der Waals surface area contributed by atoms with Gasteiger partial charge in [-0.05, 0) is 32.6 Å². The van der Waals surface area contributed by atoms with Crippen molar-refractivity contribution in [2.75, 3.05) is 19.8 Å². The van der Waals surface area contributed by atoms with Crippen LogP contribution in [0.15, 0.2) is 12.4 Å². The molecule has 7 heteroatoms. The fourth-order valence-corrected chi connectivity index (χ4v) is 3.82. The quantitative estimate of drug-likeness (QED) is 0.864. The van der Waals surface area contributed by atoms with Crippen LogP contribution in [0.2, 0.25) is 0 Å². The van der Waals surface area contributed by atoms with Crippen molar-refractivity contribution < 1.29 is 14.3 Å². The zero-order chi connectivity index (χ0) is 16.4. The highest BCUT2D eigenvalue weighted by Gasteiger charge is 2.50. The van der Waals surface area contributed by atoms with Gasteiger partial charge in [-0.25, -0.2) is 4.98 Å². The molecule has 0 radical (unpaired) electrons. The van der Waals surface area contributed by atoms with Crippen LogP contribution in [0.1, 0.15) is 41.9 Å². The predicted molar refractivity (Wildman–Crippen MR) is 82.5 cm³/mol. The third-order valence-electron chi connectivity index (χ3n) is 4.98. The maximum absolute atomic E-state index is 12.8. The summed E-state index contributed by atoms with van der Waals surface area (Å²) in [6.45, 7) is 3.54. The molecule has 1 unspecified atom stereocenters. The number of hydrogen-bond acceptors (Lipinski definition) is 5. The van der Waals surface area contributed by atoms with E-state index in [0.29, 0.717) is 19.8 Å². The lowest BCUT2D eigenvalue weighted by Crippen LogP contribution is -2.61. The highest BCUT2D eigenvalue weighted by Crippen LogP contribution is 2.44. The highest BCUT2D eigenvalue weighted by molar-refractivity contribution is 5.96. The summed E-state index contributed by atoms with van der Waals surface area (Å²) in [6, 6.07) is -0.601. The summed E-state index contributed by atoms with van der Waals surface area (Å²) < 4.78 is 5.44. The molecule has 3 heterocycles. The highest BCUT2D eigenvalue weighted by atomic mass is 16.5. The first-order valence-corrected chi connectivity index (χ1v) is 8.00. The summed E-state index contributed by atoms with van der Waals surface area (Å²) in [5.41, 5.74) is 6.42. The molecule has 23 heavy (non-hydrogen) atoms. The number of piperidine rings is 1. The van der Waals surface area contributed by atoms with Crippen molar-refractivity contribution in [1.82, 2.24) is 14.9 Å². The Morgan fingerprint density at radius 1 is 1.26 bits per heavy atom. The van der Waals surface area contributed by atoms with Gasteiger partial charge in [0.1, 0.15) is 11.7 Å². The average Bonchev–Trinajstić information content (AvgIpc) is 2.55. The number of hydrogen-bond donors (Lipinski definition) is 1. The third-order valence-corrected chi connectivity index (χ3v) is 4.98. The van der Waals surface area contributed by atoms with Crippen molar-refractivity contribution in [3.8, 4) is 0 Å². The second-order valence-electron chi connectivity index (χ2n) is 6.42. The van der Waals surface area contributed by atoms with Crippen LogP contribution in [0.4, 0.5) is 0 Å². The van der Waals surface area contributed by atoms with Gasteiger partial charge in [-0.15, -0.1) is 0 Å². The van der Waals surface area contributed by atoms with Crippen LogP contribution in [-0.2, 0) is 9.53 Å². The molecule has 1 atom stereocenters. The molecule has 2 aliphatic heterocycles. The Labute approximate surface area is 135 Å². The first-order chi connectivity index (χ1) is 11.0. The van der Waals surface area contributed by atoms with Crippen molar-refractivity contribution in [2.45, 2.75) is 38.6 Å². The van der Waals surface area contributed by atoms with Gasteiger partial charge < -0.3 is 15.4 Å². The van der Waals surface area contributed by atoms with Crippen LogP contribution >= 0.6 is 0 Å². The lowest BCUT2D eigenvalue weighted by molar-refractivity contribution is -0.134. The molecule has 2 aliphatic rings. The Bertz CT molecular complexity index is 590. The number of aromatic nitrogens is 2. The molecule has 2 N–H and O–H groups in total. The third kappa shape index (κ3) is 2.93. The fourth-order valence-electron chi connectivity index (χ4n) is 3.82. The molecule has 2 saturated heterocycles. The van der Waals surface area contributed by atoms with Gasteiger partial charge in [-0.1, -0.05) is 0 Å². The molecule has 2 amide bonds. The smallest absolute Gasteiger partial charge is 0.274 e. The Hall–Kier alpha value is -2.02. The Kier molecular flexibility index (Phi) is 4.30. The number of amides is 2. The molecule has 3 rings (SSSR count). The molecule has 1 spiro atoms. The van der Waals surface area contributed by atoms with Crippen LogP contribution in [-0.4, -0.2) is 52.5 Å². The molecule has 7 nitrogen and oxygen atoms in total. The summed E-state index contributed by atoms with van der Waals surface area (Å²) in [6.07, 6.45) is 6.28. The minimum absolute atomic E-state index is 0.256. The lowest BCUT2D eigenvalue weighted by atomic mass is 9.67. The molecule has 0 aromatic carbocycles. The molecule has 0 aliphatic carbocycles. The number of rotatable bonds is 2. The first kappa shape index (κ1) is 15.9. The van der Waals surface area contributed by atoms with Crippen molar-refractivity contribution in [3.05, 3.63) is 23.8 Å². The van der Waals surface area contributed by atoms with E-state index in [0.717, 1.165) is 31.4 Å². The summed E-state index contributed by atoms with van der Waals surface area (Å²) in [7, 11) is 0. The number of carbonyl (C=O) groups is 2. The van der Waals surface area contributed by atoms with Crippen molar-refractivity contribution in [2.24, 2.45) is 11.1 Å². The van der Waals surface area contributed by atoms with Gasteiger partial charge in [0.15, 0.2) is 0 Å². The number of nitrogens with two attached hydrogens (primary N) is 1. The van der Waals surface area contributed by atoms with E-state index in [9.17, 15) is 9.59 Å². The second-order valence-corrected chi connectivity index (χ2v) is 6.42. The predicted octanol–water partition coefficient (Wildman–Crippen LogP) is 0.672.